The van der Waals surface area contributed by atoms with E-state index >= 15 is 0 Å². The molecule has 3 rings (SSSR count). The van der Waals surface area contributed by atoms with Gasteiger partial charge < -0.3 is 15.4 Å². The number of rotatable bonds is 10. The average Bonchev–Trinajstić information content (AvgIpc) is 3.32. The summed E-state index contributed by atoms with van der Waals surface area (Å²) in [5, 5.41) is 5.75. The Kier molecular flexibility index (Phi) is 8.68. The minimum absolute atomic E-state index is 0.195. The second-order valence-corrected chi connectivity index (χ2v) is 10.1. The smallest absolute Gasteiger partial charge is 0.315 e. The highest BCUT2D eigenvalue weighted by atomic mass is 32.2. The van der Waals surface area contributed by atoms with Gasteiger partial charge >= 0.3 is 6.03 Å². The molecule has 1 aromatic heterocycles. The summed E-state index contributed by atoms with van der Waals surface area (Å²) in [6, 6.07) is 9.74. The fourth-order valence-corrected chi connectivity index (χ4v) is 5.43. The van der Waals surface area contributed by atoms with E-state index < -0.39 is 10.0 Å². The maximum atomic E-state index is 12.6. The number of nitrogens with zero attached hydrogens (tertiary/aromatic N) is 2. The lowest BCUT2D eigenvalue weighted by atomic mass is 10.1. The largest absolute Gasteiger partial charge is 0.474 e. The lowest BCUT2D eigenvalue weighted by Gasteiger charge is -2.20. The lowest BCUT2D eigenvalue weighted by molar-refractivity contribution is 0.198. The van der Waals surface area contributed by atoms with Gasteiger partial charge in [-0.15, -0.1) is 0 Å². The van der Waals surface area contributed by atoms with Crippen LogP contribution in [0.15, 0.2) is 47.5 Å². The molecule has 1 aliphatic carbocycles. The van der Waals surface area contributed by atoms with Crippen LogP contribution in [0.3, 0.4) is 0 Å². The van der Waals surface area contributed by atoms with Crippen molar-refractivity contribution in [3.63, 3.8) is 0 Å². The molecule has 0 aliphatic heterocycles. The quantitative estimate of drug-likeness (QED) is 0.542. The zero-order valence-electron chi connectivity index (χ0n) is 19.6. The molecular weight excluding hydrogens is 440 g/mol. The summed E-state index contributed by atoms with van der Waals surface area (Å²) in [5.41, 5.74) is 1.65. The molecule has 2 N–H and O–H groups in total. The molecule has 0 bridgehead atoms. The van der Waals surface area contributed by atoms with Gasteiger partial charge in [0.15, 0.2) is 0 Å². The fraction of sp³-hybridized carbons (Fsp3) is 0.500. The van der Waals surface area contributed by atoms with Crippen molar-refractivity contribution in [3.05, 3.63) is 53.7 Å². The normalized spacial score (nSPS) is 15.4. The highest BCUT2D eigenvalue weighted by Gasteiger charge is 2.22. The van der Waals surface area contributed by atoms with Gasteiger partial charge in [0.05, 0.1) is 10.9 Å². The second-order valence-electron chi connectivity index (χ2n) is 8.20. The number of aromatic nitrogens is 1. The summed E-state index contributed by atoms with van der Waals surface area (Å²) in [4.78, 5) is 17.0. The molecular formula is C24H34N4O4S. The Morgan fingerprint density at radius 3 is 2.45 bits per heavy atom. The van der Waals surface area contributed by atoms with Gasteiger partial charge in [0.1, 0.15) is 6.10 Å². The molecule has 9 heteroatoms. The maximum absolute atomic E-state index is 12.6. The van der Waals surface area contributed by atoms with E-state index in [4.69, 9.17) is 4.74 Å². The number of carbonyl (C=O) groups excluding carboxylic acids is 1. The zero-order chi connectivity index (χ0) is 23.8. The van der Waals surface area contributed by atoms with Crippen molar-refractivity contribution >= 4 is 16.1 Å². The van der Waals surface area contributed by atoms with Crippen LogP contribution in [0.4, 0.5) is 4.79 Å². The summed E-state index contributed by atoms with van der Waals surface area (Å²) in [5.74, 6) is 0.572. The third kappa shape index (κ3) is 6.45. The van der Waals surface area contributed by atoms with Crippen molar-refractivity contribution in [2.45, 2.75) is 70.0 Å². The monoisotopic (exact) mass is 474 g/mol. The van der Waals surface area contributed by atoms with Gasteiger partial charge in [-0.2, -0.15) is 4.31 Å². The summed E-state index contributed by atoms with van der Waals surface area (Å²) in [6.07, 6.45) is 6.31. The Morgan fingerprint density at radius 1 is 1.15 bits per heavy atom. The van der Waals surface area contributed by atoms with Gasteiger partial charge in [-0.3, -0.25) is 0 Å². The number of hydrogen-bond acceptors (Lipinski definition) is 5. The summed E-state index contributed by atoms with van der Waals surface area (Å²) in [6.45, 7) is 6.62. The van der Waals surface area contributed by atoms with Crippen molar-refractivity contribution in [3.8, 4) is 5.88 Å². The Morgan fingerprint density at radius 2 is 1.82 bits per heavy atom. The van der Waals surface area contributed by atoms with Crippen molar-refractivity contribution in [2.24, 2.45) is 0 Å². The molecule has 2 amide bonds. The first kappa shape index (κ1) is 25.0. The molecule has 2 aromatic rings. The van der Waals surface area contributed by atoms with Crippen LogP contribution in [0.5, 0.6) is 5.88 Å². The number of urea groups is 1. The number of amides is 2. The SMILES string of the molecule is CCN(CC)S(=O)(=O)c1ccc(C(C)NC(=O)NCc2cccnc2OC2CCCC2)cc1. The van der Waals surface area contributed by atoms with E-state index in [0.717, 1.165) is 24.0 Å². The van der Waals surface area contributed by atoms with E-state index in [1.54, 1.807) is 30.5 Å². The van der Waals surface area contributed by atoms with Crippen LogP contribution < -0.4 is 15.4 Å². The molecule has 1 atom stereocenters. The number of pyridine rings is 1. The molecule has 180 valence electrons. The molecule has 1 aliphatic rings. The van der Waals surface area contributed by atoms with E-state index in [2.05, 4.69) is 15.6 Å². The van der Waals surface area contributed by atoms with Crippen LogP contribution in [-0.2, 0) is 16.6 Å². The molecule has 0 saturated heterocycles. The minimum atomic E-state index is -3.50. The third-order valence-corrected chi connectivity index (χ3v) is 8.00. The number of benzene rings is 1. The van der Waals surface area contributed by atoms with Crippen molar-refractivity contribution in [1.82, 2.24) is 19.9 Å². The third-order valence-electron chi connectivity index (χ3n) is 5.94. The number of nitrogens with one attached hydrogen (secondary N) is 2. The van der Waals surface area contributed by atoms with Crippen molar-refractivity contribution < 1.29 is 17.9 Å². The predicted octanol–water partition coefficient (Wildman–Crippen LogP) is 3.99. The summed E-state index contributed by atoms with van der Waals surface area (Å²) in [7, 11) is -3.50. The fourth-order valence-electron chi connectivity index (χ4n) is 3.98. The van der Waals surface area contributed by atoms with E-state index in [9.17, 15) is 13.2 Å². The van der Waals surface area contributed by atoms with Gasteiger partial charge in [-0.05, 0) is 56.4 Å². The molecule has 1 saturated carbocycles. The average molecular weight is 475 g/mol. The highest BCUT2D eigenvalue weighted by Crippen LogP contribution is 2.25. The van der Waals surface area contributed by atoms with Gasteiger partial charge in [0, 0.05) is 31.4 Å². The molecule has 1 unspecified atom stereocenters. The first-order valence-corrected chi connectivity index (χ1v) is 13.0. The molecule has 1 heterocycles. The number of carbonyl (C=O) groups is 1. The molecule has 8 nitrogen and oxygen atoms in total. The molecule has 1 fully saturated rings. The number of hydrogen-bond donors (Lipinski definition) is 2. The number of ether oxygens (including phenoxy) is 1. The Hall–Kier alpha value is -2.65. The first-order valence-electron chi connectivity index (χ1n) is 11.6. The standard InChI is InChI=1S/C24H34N4O4S/c1-4-28(5-2)33(30,31)22-14-12-19(13-15-22)18(3)27-24(29)26-17-20-9-8-16-25-23(20)32-21-10-6-7-11-21/h8-9,12-16,18,21H,4-7,10-11,17H2,1-3H3,(H2,26,27,29). The molecule has 1 aromatic carbocycles. The van der Waals surface area contributed by atoms with Crippen LogP contribution in [-0.4, -0.2) is 42.9 Å². The van der Waals surface area contributed by atoms with Crippen LogP contribution in [0, 0.1) is 0 Å². The van der Waals surface area contributed by atoms with E-state index in [1.807, 2.05) is 32.9 Å². The first-order chi connectivity index (χ1) is 15.8. The zero-order valence-corrected chi connectivity index (χ0v) is 20.4. The Balaban J connectivity index is 1.56. The van der Waals surface area contributed by atoms with Crippen molar-refractivity contribution in [1.29, 1.82) is 0 Å². The predicted molar refractivity (Wildman–Crippen MR) is 127 cm³/mol. The van der Waals surface area contributed by atoms with Crippen LogP contribution >= 0.6 is 0 Å². The van der Waals surface area contributed by atoms with Crippen molar-refractivity contribution in [2.75, 3.05) is 13.1 Å². The second kappa shape index (κ2) is 11.5. The minimum Gasteiger partial charge on any atom is -0.474 e. The van der Waals surface area contributed by atoms with Crippen LogP contribution in [0.2, 0.25) is 0 Å². The molecule has 0 radical (unpaired) electrons. The Bertz CT molecular complexity index is 1020. The molecule has 0 spiro atoms. The summed E-state index contributed by atoms with van der Waals surface area (Å²) < 4.78 is 32.7. The van der Waals surface area contributed by atoms with E-state index in [0.29, 0.717) is 25.5 Å². The van der Waals surface area contributed by atoms with E-state index in [-0.39, 0.29) is 23.1 Å². The highest BCUT2D eigenvalue weighted by molar-refractivity contribution is 7.89. The van der Waals surface area contributed by atoms with Crippen LogP contribution in [0.1, 0.15) is 63.6 Å². The van der Waals surface area contributed by atoms with Gasteiger partial charge in [0.25, 0.3) is 0 Å². The maximum Gasteiger partial charge on any atom is 0.315 e. The molecule has 33 heavy (non-hydrogen) atoms. The lowest BCUT2D eigenvalue weighted by Crippen LogP contribution is -2.36. The van der Waals surface area contributed by atoms with E-state index in [1.165, 1.54) is 17.1 Å². The van der Waals surface area contributed by atoms with Gasteiger partial charge in [-0.25, -0.2) is 18.2 Å². The topological polar surface area (TPSA) is 101 Å². The van der Waals surface area contributed by atoms with Crippen LogP contribution in [0.25, 0.3) is 0 Å². The van der Waals surface area contributed by atoms with Gasteiger partial charge in [0.2, 0.25) is 15.9 Å². The number of sulfonamides is 1. The van der Waals surface area contributed by atoms with Gasteiger partial charge in [-0.1, -0.05) is 32.0 Å². The summed E-state index contributed by atoms with van der Waals surface area (Å²) >= 11 is 0. The Labute approximate surface area is 196 Å².